The summed E-state index contributed by atoms with van der Waals surface area (Å²) >= 11 is 5.96. The Morgan fingerprint density at radius 2 is 2.44 bits per heavy atom. The Morgan fingerprint density at radius 3 is 2.89 bits per heavy atom. The van der Waals surface area contributed by atoms with E-state index in [1.54, 1.807) is 0 Å². The Labute approximate surface area is 61.7 Å². The van der Waals surface area contributed by atoms with Gasteiger partial charge in [-0.3, -0.25) is 0 Å². The summed E-state index contributed by atoms with van der Waals surface area (Å²) in [6.45, 7) is 4.21. The second-order valence-corrected chi connectivity index (χ2v) is 2.73. The van der Waals surface area contributed by atoms with Crippen LogP contribution in [0.25, 0.3) is 0 Å². The molecule has 0 bridgehead atoms. The fourth-order valence-electron chi connectivity index (χ4n) is 1.01. The predicted molar refractivity (Wildman–Crippen MR) is 42.8 cm³/mol. The zero-order valence-electron chi connectivity index (χ0n) is 5.68. The molecule has 50 valence electrons. The lowest BCUT2D eigenvalue weighted by atomic mass is 9.81. The van der Waals surface area contributed by atoms with Gasteiger partial charge in [-0.05, 0) is 12.9 Å². The molecule has 0 aromatic rings. The first kappa shape index (κ1) is 7.17. The first-order valence-electron chi connectivity index (χ1n) is 3.37. The molecule has 0 aliphatic carbocycles. The van der Waals surface area contributed by atoms with Crippen molar-refractivity contribution in [1.82, 2.24) is 4.81 Å². The molecule has 0 fully saturated rings. The molecule has 1 aliphatic rings. The van der Waals surface area contributed by atoms with Crippen molar-refractivity contribution in [2.75, 3.05) is 13.1 Å². The van der Waals surface area contributed by atoms with Gasteiger partial charge in [0.1, 0.15) is 0 Å². The van der Waals surface area contributed by atoms with E-state index in [4.69, 9.17) is 11.5 Å². The summed E-state index contributed by atoms with van der Waals surface area (Å²) in [6.07, 6.45) is 5.54. The summed E-state index contributed by atoms with van der Waals surface area (Å²) in [6, 6.07) is 0. The molecule has 0 atom stereocenters. The molecule has 0 amide bonds. The maximum Gasteiger partial charge on any atom is 0.335 e. The molecule has 0 unspecified atom stereocenters. The lowest BCUT2D eigenvalue weighted by molar-refractivity contribution is 0.507. The van der Waals surface area contributed by atoms with Crippen LogP contribution in [0.4, 0.5) is 0 Å². The molecule has 0 spiro atoms. The van der Waals surface area contributed by atoms with Gasteiger partial charge >= 0.3 is 6.26 Å². The fourth-order valence-corrected chi connectivity index (χ4v) is 1.33. The Hall–Kier alpha value is 0.0549. The summed E-state index contributed by atoms with van der Waals surface area (Å²) in [4.78, 5) is 2.24. The van der Waals surface area contributed by atoms with Crippen molar-refractivity contribution in [1.29, 1.82) is 0 Å². The van der Waals surface area contributed by atoms with Gasteiger partial charge in [0.2, 0.25) is 0 Å². The molecule has 0 saturated carbocycles. The van der Waals surface area contributed by atoms with E-state index < -0.39 is 0 Å². The second-order valence-electron chi connectivity index (χ2n) is 2.23. The summed E-state index contributed by atoms with van der Waals surface area (Å²) in [5.74, 6) is 0. The van der Waals surface area contributed by atoms with Gasteiger partial charge < -0.3 is 4.81 Å². The lowest BCUT2D eigenvalue weighted by Gasteiger charge is -2.23. The molecule has 0 saturated heterocycles. The van der Waals surface area contributed by atoms with E-state index in [0.717, 1.165) is 19.4 Å². The number of halogens is 1. The Bertz CT molecular complexity index is 116. The average molecular weight is 143 g/mol. The summed E-state index contributed by atoms with van der Waals surface area (Å²) in [5.41, 5.74) is 0. The van der Waals surface area contributed by atoms with E-state index >= 15 is 0 Å². The van der Waals surface area contributed by atoms with Gasteiger partial charge in [-0.1, -0.05) is 19.1 Å². The van der Waals surface area contributed by atoms with E-state index in [-0.39, 0.29) is 6.26 Å². The standard InChI is InChI=1S/C6H11BClN/c1-2-9-6-4-3-5-7(9)8/h3-4H,2,5-6H2,1H3. The first-order chi connectivity index (χ1) is 4.34. The van der Waals surface area contributed by atoms with Crippen LogP contribution < -0.4 is 0 Å². The van der Waals surface area contributed by atoms with Gasteiger partial charge in [-0.25, -0.2) is 0 Å². The molecule has 9 heavy (non-hydrogen) atoms. The van der Waals surface area contributed by atoms with Crippen LogP contribution in [0.5, 0.6) is 0 Å². The molecule has 0 radical (unpaired) electrons. The van der Waals surface area contributed by atoms with Crippen molar-refractivity contribution in [3.05, 3.63) is 12.2 Å². The van der Waals surface area contributed by atoms with Gasteiger partial charge in [0.25, 0.3) is 0 Å². The highest BCUT2D eigenvalue weighted by molar-refractivity contribution is 7.05. The molecular weight excluding hydrogens is 132 g/mol. The van der Waals surface area contributed by atoms with Crippen LogP contribution >= 0.6 is 11.5 Å². The van der Waals surface area contributed by atoms with Crippen LogP contribution in [0.3, 0.4) is 0 Å². The van der Waals surface area contributed by atoms with Gasteiger partial charge in [0, 0.05) is 6.54 Å². The minimum Gasteiger partial charge on any atom is -0.325 e. The maximum atomic E-state index is 5.96. The van der Waals surface area contributed by atoms with Crippen LogP contribution in [0, 0.1) is 0 Å². The molecule has 1 rings (SSSR count). The third kappa shape index (κ3) is 1.73. The van der Waals surface area contributed by atoms with E-state index in [0.29, 0.717) is 0 Å². The SMILES string of the molecule is CCN1CC=CCB1Cl. The first-order valence-corrected chi connectivity index (χ1v) is 3.81. The summed E-state index contributed by atoms with van der Waals surface area (Å²) in [5, 5.41) is 0. The largest absolute Gasteiger partial charge is 0.335 e. The number of likely N-dealkylation sites (N-methyl/N-ethyl adjacent to an activating group) is 1. The summed E-state index contributed by atoms with van der Waals surface area (Å²) in [7, 11) is 0. The quantitative estimate of drug-likeness (QED) is 0.398. The third-order valence-corrected chi connectivity index (χ3v) is 2.09. The molecule has 0 aromatic carbocycles. The zero-order valence-corrected chi connectivity index (χ0v) is 6.43. The number of hydrogen-bond donors (Lipinski definition) is 0. The molecule has 1 aliphatic heterocycles. The highest BCUT2D eigenvalue weighted by Gasteiger charge is 2.18. The molecule has 3 heteroatoms. The van der Waals surface area contributed by atoms with Gasteiger partial charge in [0.15, 0.2) is 0 Å². The predicted octanol–water partition coefficient (Wildman–Crippen LogP) is 1.61. The molecular formula is C6H11BClN. The Balaban J connectivity index is 2.43. The monoisotopic (exact) mass is 143 g/mol. The normalized spacial score (nSPS) is 20.9. The third-order valence-electron chi connectivity index (χ3n) is 1.64. The van der Waals surface area contributed by atoms with Gasteiger partial charge in [0.05, 0.1) is 0 Å². The van der Waals surface area contributed by atoms with E-state index in [1.165, 1.54) is 0 Å². The highest BCUT2D eigenvalue weighted by Crippen LogP contribution is 2.10. The van der Waals surface area contributed by atoms with E-state index in [9.17, 15) is 0 Å². The molecule has 1 heterocycles. The van der Waals surface area contributed by atoms with Crippen LogP contribution in [-0.4, -0.2) is 24.2 Å². The van der Waals surface area contributed by atoms with Crippen molar-refractivity contribution >= 4 is 17.7 Å². The van der Waals surface area contributed by atoms with Crippen molar-refractivity contribution in [3.8, 4) is 0 Å². The van der Waals surface area contributed by atoms with E-state index in [2.05, 4.69) is 23.9 Å². The van der Waals surface area contributed by atoms with Crippen LogP contribution in [0.15, 0.2) is 12.2 Å². The minimum atomic E-state index is 0.236. The molecule has 0 N–H and O–H groups in total. The smallest absolute Gasteiger partial charge is 0.325 e. The van der Waals surface area contributed by atoms with Crippen molar-refractivity contribution in [2.45, 2.75) is 13.2 Å². The average Bonchev–Trinajstić information content (AvgIpc) is 1.89. The topological polar surface area (TPSA) is 3.24 Å². The number of hydrogen-bond acceptors (Lipinski definition) is 1. The van der Waals surface area contributed by atoms with Gasteiger partial charge in [-0.15, -0.1) is 0 Å². The van der Waals surface area contributed by atoms with Crippen molar-refractivity contribution in [2.24, 2.45) is 0 Å². The minimum absolute atomic E-state index is 0.236. The van der Waals surface area contributed by atoms with Crippen LogP contribution in [0.1, 0.15) is 6.92 Å². The van der Waals surface area contributed by atoms with E-state index in [1.807, 2.05) is 0 Å². The molecule has 0 aromatic heterocycles. The highest BCUT2D eigenvalue weighted by atomic mass is 35.5. The maximum absolute atomic E-state index is 5.96. The lowest BCUT2D eigenvalue weighted by Crippen LogP contribution is -2.36. The number of nitrogens with zero attached hydrogens (tertiary/aromatic N) is 1. The summed E-state index contributed by atoms with van der Waals surface area (Å²) < 4.78 is 0. The molecule has 1 nitrogen and oxygen atoms in total. The Kier molecular flexibility index (Phi) is 2.61. The van der Waals surface area contributed by atoms with Crippen molar-refractivity contribution < 1.29 is 0 Å². The fraction of sp³-hybridized carbons (Fsp3) is 0.667. The van der Waals surface area contributed by atoms with Crippen LogP contribution in [-0.2, 0) is 0 Å². The second kappa shape index (κ2) is 3.28. The zero-order chi connectivity index (χ0) is 6.69. The van der Waals surface area contributed by atoms with Crippen molar-refractivity contribution in [3.63, 3.8) is 0 Å². The Morgan fingerprint density at radius 1 is 1.67 bits per heavy atom. The number of allylic oxidation sites excluding steroid dienone is 1. The number of rotatable bonds is 1. The van der Waals surface area contributed by atoms with Gasteiger partial charge in [-0.2, -0.15) is 11.5 Å². The van der Waals surface area contributed by atoms with Crippen LogP contribution in [0.2, 0.25) is 6.32 Å².